The number of nitro benzene ring substituents is 1. The van der Waals surface area contributed by atoms with Crippen molar-refractivity contribution < 1.29 is 24.0 Å². The first-order valence-corrected chi connectivity index (χ1v) is 8.69. The Morgan fingerprint density at radius 3 is 2.67 bits per heavy atom. The topological polar surface area (TPSA) is 128 Å². The van der Waals surface area contributed by atoms with Gasteiger partial charge in [0.05, 0.1) is 21.9 Å². The summed E-state index contributed by atoms with van der Waals surface area (Å²) < 4.78 is 4.96. The lowest BCUT2D eigenvalue weighted by molar-refractivity contribution is -0.384. The third kappa shape index (κ3) is 4.61. The Balaban J connectivity index is 1.55. The van der Waals surface area contributed by atoms with E-state index < -0.39 is 23.4 Å². The van der Waals surface area contributed by atoms with Crippen molar-refractivity contribution in [1.82, 2.24) is 0 Å². The number of amides is 2. The molecule has 3 rings (SSSR count). The third-order valence-electron chi connectivity index (χ3n) is 3.54. The lowest BCUT2D eigenvalue weighted by atomic mass is 10.2. The number of hydrogen-bond acceptors (Lipinski definition) is 7. The number of nitrogens with zero attached hydrogens (tertiary/aromatic N) is 1. The zero-order valence-corrected chi connectivity index (χ0v) is 14.6. The Bertz CT molecular complexity index is 929. The molecule has 2 N–H and O–H groups in total. The van der Waals surface area contributed by atoms with Crippen LogP contribution in [-0.2, 0) is 14.3 Å². The number of carbonyl (C=O) groups is 3. The molecule has 0 fully saturated rings. The Kier molecular flexibility index (Phi) is 5.36. The van der Waals surface area contributed by atoms with Crippen LogP contribution in [0.3, 0.4) is 0 Å². The number of anilines is 2. The van der Waals surface area contributed by atoms with E-state index in [1.54, 1.807) is 12.1 Å². The molecule has 2 aromatic carbocycles. The van der Waals surface area contributed by atoms with Crippen molar-refractivity contribution in [2.24, 2.45) is 0 Å². The van der Waals surface area contributed by atoms with Gasteiger partial charge in [-0.3, -0.25) is 19.7 Å². The van der Waals surface area contributed by atoms with Crippen molar-refractivity contribution in [2.45, 2.75) is 4.90 Å². The Hall–Kier alpha value is -3.40. The first-order chi connectivity index (χ1) is 12.9. The third-order valence-corrected chi connectivity index (χ3v) is 4.62. The molecule has 0 aromatic heterocycles. The lowest BCUT2D eigenvalue weighted by Gasteiger charge is -2.16. The minimum Gasteiger partial charge on any atom is -0.452 e. The molecule has 0 bridgehead atoms. The highest BCUT2D eigenvalue weighted by molar-refractivity contribution is 8.00. The molecule has 138 valence electrons. The van der Waals surface area contributed by atoms with Crippen LogP contribution in [0.15, 0.2) is 47.4 Å². The summed E-state index contributed by atoms with van der Waals surface area (Å²) in [4.78, 5) is 46.3. The number of rotatable bonds is 5. The molecular weight excluding hydrogens is 374 g/mol. The van der Waals surface area contributed by atoms with Gasteiger partial charge < -0.3 is 15.4 Å². The van der Waals surface area contributed by atoms with Gasteiger partial charge in [-0.2, -0.15) is 0 Å². The SMILES string of the molecule is O=C(COC(=O)c1ccc2c(c1)NC(=O)CS2)Nc1ccc([N+](=O)[O-])cc1. The maximum absolute atomic E-state index is 12.1. The number of nitrogens with one attached hydrogen (secondary N) is 2. The van der Waals surface area contributed by atoms with Crippen LogP contribution in [0.5, 0.6) is 0 Å². The molecule has 0 radical (unpaired) electrons. The van der Waals surface area contributed by atoms with Crippen molar-refractivity contribution >= 4 is 46.6 Å². The standard InChI is InChI=1S/C17H13N3O6S/c21-15(18-11-2-4-12(5-3-11)20(24)25)8-26-17(23)10-1-6-14-13(7-10)19-16(22)9-27-14/h1-7H,8-9H2,(H,18,21)(H,19,22). The van der Waals surface area contributed by atoms with E-state index in [4.69, 9.17) is 4.74 Å². The van der Waals surface area contributed by atoms with Crippen LogP contribution in [0.1, 0.15) is 10.4 Å². The van der Waals surface area contributed by atoms with Crippen LogP contribution >= 0.6 is 11.8 Å². The Morgan fingerprint density at radius 2 is 1.96 bits per heavy atom. The number of ether oxygens (including phenoxy) is 1. The van der Waals surface area contributed by atoms with Crippen LogP contribution < -0.4 is 10.6 Å². The fourth-order valence-electron chi connectivity index (χ4n) is 2.29. The summed E-state index contributed by atoms with van der Waals surface area (Å²) in [6.07, 6.45) is 0. The smallest absolute Gasteiger partial charge is 0.338 e. The van der Waals surface area contributed by atoms with E-state index in [2.05, 4.69) is 10.6 Å². The molecule has 1 aliphatic heterocycles. The zero-order valence-electron chi connectivity index (χ0n) is 13.8. The average molecular weight is 387 g/mol. The van der Waals surface area contributed by atoms with Gasteiger partial charge in [0.15, 0.2) is 6.61 Å². The minimum absolute atomic E-state index is 0.0999. The number of thioether (sulfide) groups is 1. The van der Waals surface area contributed by atoms with Crippen molar-refractivity contribution in [3.63, 3.8) is 0 Å². The van der Waals surface area contributed by atoms with E-state index in [-0.39, 0.29) is 17.2 Å². The lowest BCUT2D eigenvalue weighted by Crippen LogP contribution is -2.22. The number of benzene rings is 2. The fraction of sp³-hybridized carbons (Fsp3) is 0.118. The quantitative estimate of drug-likeness (QED) is 0.458. The normalized spacial score (nSPS) is 12.5. The van der Waals surface area contributed by atoms with Crippen LogP contribution in [0.4, 0.5) is 17.1 Å². The highest BCUT2D eigenvalue weighted by Crippen LogP contribution is 2.32. The highest BCUT2D eigenvalue weighted by atomic mass is 32.2. The molecule has 2 amide bonds. The summed E-state index contributed by atoms with van der Waals surface area (Å²) in [6.45, 7) is -0.520. The molecule has 0 saturated heterocycles. The molecule has 0 spiro atoms. The van der Waals surface area contributed by atoms with Crippen molar-refractivity contribution in [2.75, 3.05) is 23.0 Å². The van der Waals surface area contributed by atoms with Gasteiger partial charge in [0.2, 0.25) is 5.91 Å². The van der Waals surface area contributed by atoms with Gasteiger partial charge in [-0.1, -0.05) is 0 Å². The molecule has 0 aliphatic carbocycles. The summed E-state index contributed by atoms with van der Waals surface area (Å²) in [5.41, 5.74) is 0.980. The summed E-state index contributed by atoms with van der Waals surface area (Å²) in [5, 5.41) is 15.7. The number of esters is 1. The summed E-state index contributed by atoms with van der Waals surface area (Å²) >= 11 is 1.37. The van der Waals surface area contributed by atoms with Crippen LogP contribution in [0.25, 0.3) is 0 Å². The minimum atomic E-state index is -0.707. The predicted octanol–water partition coefficient (Wildman–Crippen LogP) is 2.43. The molecular formula is C17H13N3O6S. The largest absolute Gasteiger partial charge is 0.452 e. The second-order valence-corrected chi connectivity index (χ2v) is 6.49. The van der Waals surface area contributed by atoms with E-state index in [1.165, 1.54) is 42.1 Å². The molecule has 1 aliphatic rings. The van der Waals surface area contributed by atoms with E-state index in [0.717, 1.165) is 4.90 Å². The number of fused-ring (bicyclic) bond motifs is 1. The molecule has 0 unspecified atom stereocenters. The van der Waals surface area contributed by atoms with Crippen LogP contribution in [0, 0.1) is 10.1 Å². The summed E-state index contributed by atoms with van der Waals surface area (Å²) in [5.74, 6) is -1.12. The number of nitro groups is 1. The van der Waals surface area contributed by atoms with Gasteiger partial charge in [0.25, 0.3) is 11.6 Å². The molecule has 0 saturated carbocycles. The Morgan fingerprint density at radius 1 is 1.22 bits per heavy atom. The number of carbonyl (C=O) groups excluding carboxylic acids is 3. The summed E-state index contributed by atoms with van der Waals surface area (Å²) in [6, 6.07) is 10.0. The molecule has 9 nitrogen and oxygen atoms in total. The van der Waals surface area contributed by atoms with Crippen molar-refractivity contribution in [3.8, 4) is 0 Å². The van der Waals surface area contributed by atoms with E-state index >= 15 is 0 Å². The molecule has 2 aromatic rings. The van der Waals surface area contributed by atoms with E-state index in [9.17, 15) is 24.5 Å². The Labute approximate surface area is 157 Å². The van der Waals surface area contributed by atoms with Gasteiger partial charge >= 0.3 is 5.97 Å². The molecule has 27 heavy (non-hydrogen) atoms. The average Bonchev–Trinajstić information content (AvgIpc) is 2.66. The summed E-state index contributed by atoms with van der Waals surface area (Å²) in [7, 11) is 0. The second-order valence-electron chi connectivity index (χ2n) is 5.48. The number of non-ortho nitro benzene ring substituents is 1. The van der Waals surface area contributed by atoms with Gasteiger partial charge in [0.1, 0.15) is 0 Å². The van der Waals surface area contributed by atoms with Crippen LogP contribution in [-0.4, -0.2) is 35.1 Å². The number of hydrogen-bond donors (Lipinski definition) is 2. The highest BCUT2D eigenvalue weighted by Gasteiger charge is 2.18. The molecule has 10 heteroatoms. The van der Waals surface area contributed by atoms with Gasteiger partial charge in [-0.15, -0.1) is 11.8 Å². The zero-order chi connectivity index (χ0) is 19.4. The van der Waals surface area contributed by atoms with E-state index in [0.29, 0.717) is 17.1 Å². The maximum Gasteiger partial charge on any atom is 0.338 e. The molecule has 1 heterocycles. The van der Waals surface area contributed by atoms with Gasteiger partial charge in [0, 0.05) is 22.7 Å². The predicted molar refractivity (Wildman–Crippen MR) is 97.8 cm³/mol. The van der Waals surface area contributed by atoms with Gasteiger partial charge in [-0.05, 0) is 30.3 Å². The van der Waals surface area contributed by atoms with Crippen molar-refractivity contribution in [1.29, 1.82) is 0 Å². The maximum atomic E-state index is 12.1. The van der Waals surface area contributed by atoms with Gasteiger partial charge in [-0.25, -0.2) is 4.79 Å². The van der Waals surface area contributed by atoms with E-state index in [1.807, 2.05) is 0 Å². The van der Waals surface area contributed by atoms with Crippen molar-refractivity contribution in [3.05, 3.63) is 58.1 Å². The first kappa shape index (κ1) is 18.4. The first-order valence-electron chi connectivity index (χ1n) is 7.70. The second kappa shape index (κ2) is 7.87. The monoisotopic (exact) mass is 387 g/mol. The fourth-order valence-corrected chi connectivity index (χ4v) is 3.08. The molecule has 0 atom stereocenters. The van der Waals surface area contributed by atoms with Crippen LogP contribution in [0.2, 0.25) is 0 Å².